The van der Waals surface area contributed by atoms with Gasteiger partial charge in [-0.1, -0.05) is 15.9 Å². The minimum Gasteiger partial charge on any atom is -0.373 e. The predicted octanol–water partition coefficient (Wildman–Crippen LogP) is 3.95. The molecule has 100 valence electrons. The van der Waals surface area contributed by atoms with Crippen molar-refractivity contribution in [1.29, 1.82) is 0 Å². The molecular weight excluding hydrogens is 304 g/mol. The van der Waals surface area contributed by atoms with Crippen molar-refractivity contribution in [1.82, 2.24) is 9.97 Å². The minimum absolute atomic E-state index is 0.742. The van der Waals surface area contributed by atoms with E-state index in [9.17, 15) is 0 Å². The summed E-state index contributed by atoms with van der Waals surface area (Å²) < 4.78 is 1.10. The molecule has 0 aliphatic heterocycles. The summed E-state index contributed by atoms with van der Waals surface area (Å²) >= 11 is 3.50. The zero-order chi connectivity index (χ0) is 14.0. The number of benzene rings is 1. The molecule has 0 fully saturated rings. The third kappa shape index (κ3) is 3.04. The highest BCUT2D eigenvalue weighted by molar-refractivity contribution is 9.10. The first-order chi connectivity index (χ1) is 9.01. The van der Waals surface area contributed by atoms with Crippen LogP contribution in [0.4, 0.5) is 17.3 Å². The van der Waals surface area contributed by atoms with Crippen molar-refractivity contribution in [3.05, 3.63) is 39.6 Å². The van der Waals surface area contributed by atoms with Gasteiger partial charge < -0.3 is 10.6 Å². The van der Waals surface area contributed by atoms with Gasteiger partial charge >= 0.3 is 0 Å². The molecule has 19 heavy (non-hydrogen) atoms. The Kier molecular flexibility index (Phi) is 4.04. The van der Waals surface area contributed by atoms with E-state index >= 15 is 0 Å². The average Bonchev–Trinajstić information content (AvgIpc) is 2.37. The summed E-state index contributed by atoms with van der Waals surface area (Å²) in [7, 11) is 1.86. The largest absolute Gasteiger partial charge is 0.373 e. The van der Waals surface area contributed by atoms with E-state index in [1.165, 1.54) is 5.56 Å². The fourth-order valence-corrected chi connectivity index (χ4v) is 2.10. The molecule has 0 aliphatic rings. The second-order valence-electron chi connectivity index (χ2n) is 4.43. The highest BCUT2D eigenvalue weighted by atomic mass is 79.9. The molecule has 0 radical (unpaired) electrons. The summed E-state index contributed by atoms with van der Waals surface area (Å²) in [6.07, 6.45) is 0. The van der Waals surface area contributed by atoms with Crippen LogP contribution in [0.3, 0.4) is 0 Å². The first-order valence-corrected chi connectivity index (χ1v) is 6.86. The van der Waals surface area contributed by atoms with Gasteiger partial charge in [0.15, 0.2) is 0 Å². The first kappa shape index (κ1) is 13.8. The van der Waals surface area contributed by atoms with Crippen molar-refractivity contribution in [3.63, 3.8) is 0 Å². The van der Waals surface area contributed by atoms with Crippen LogP contribution in [0.5, 0.6) is 0 Å². The van der Waals surface area contributed by atoms with E-state index in [1.807, 2.05) is 33.0 Å². The number of rotatable bonds is 3. The maximum Gasteiger partial charge on any atom is 0.139 e. The second-order valence-corrected chi connectivity index (χ2v) is 5.29. The highest BCUT2D eigenvalue weighted by Crippen LogP contribution is 2.26. The van der Waals surface area contributed by atoms with Crippen LogP contribution in [0.2, 0.25) is 0 Å². The zero-order valence-electron chi connectivity index (χ0n) is 11.5. The van der Waals surface area contributed by atoms with Gasteiger partial charge in [0.25, 0.3) is 0 Å². The molecule has 0 atom stereocenters. The van der Waals surface area contributed by atoms with Crippen molar-refractivity contribution in [2.75, 3.05) is 17.7 Å². The lowest BCUT2D eigenvalue weighted by Gasteiger charge is -2.13. The normalized spacial score (nSPS) is 10.4. The van der Waals surface area contributed by atoms with Gasteiger partial charge in [0, 0.05) is 22.8 Å². The molecule has 0 unspecified atom stereocenters. The molecule has 2 aromatic rings. The SMILES string of the molecule is CNc1nc(C)nc(Nc2ccc(Br)c(C)c2)c1C. The summed E-state index contributed by atoms with van der Waals surface area (Å²) in [5.74, 6) is 2.42. The van der Waals surface area contributed by atoms with Crippen LogP contribution in [0.1, 0.15) is 17.0 Å². The number of anilines is 3. The smallest absolute Gasteiger partial charge is 0.139 e. The quantitative estimate of drug-likeness (QED) is 0.899. The molecule has 2 rings (SSSR count). The Bertz CT molecular complexity index is 611. The Morgan fingerprint density at radius 3 is 2.37 bits per heavy atom. The van der Waals surface area contributed by atoms with Crippen LogP contribution in [0.15, 0.2) is 22.7 Å². The maximum absolute atomic E-state index is 4.45. The number of aryl methyl sites for hydroxylation is 2. The van der Waals surface area contributed by atoms with Gasteiger partial charge in [-0.25, -0.2) is 9.97 Å². The molecule has 1 aromatic heterocycles. The van der Waals surface area contributed by atoms with Crippen molar-refractivity contribution < 1.29 is 0 Å². The lowest BCUT2D eigenvalue weighted by molar-refractivity contribution is 1.03. The molecule has 0 aliphatic carbocycles. The zero-order valence-corrected chi connectivity index (χ0v) is 13.1. The van der Waals surface area contributed by atoms with E-state index in [0.717, 1.165) is 33.2 Å². The summed E-state index contributed by atoms with van der Waals surface area (Å²) in [4.78, 5) is 8.81. The fourth-order valence-electron chi connectivity index (χ4n) is 1.85. The standard InChI is InChI=1S/C14H17BrN4/c1-8-7-11(5-6-12(8)15)19-14-9(2)13(16-4)17-10(3)18-14/h5-7H,1-4H3,(H2,16,17,18,19). The number of nitrogens with zero attached hydrogens (tertiary/aromatic N) is 2. The highest BCUT2D eigenvalue weighted by Gasteiger charge is 2.08. The summed E-state index contributed by atoms with van der Waals surface area (Å²) in [6.45, 7) is 5.95. The first-order valence-electron chi connectivity index (χ1n) is 6.07. The Balaban J connectivity index is 2.37. The number of hydrogen-bond acceptors (Lipinski definition) is 4. The van der Waals surface area contributed by atoms with Crippen molar-refractivity contribution in [3.8, 4) is 0 Å². The van der Waals surface area contributed by atoms with Gasteiger partial charge in [0.2, 0.25) is 0 Å². The predicted molar refractivity (Wildman–Crippen MR) is 83.2 cm³/mol. The molecule has 0 bridgehead atoms. The molecule has 1 heterocycles. The van der Waals surface area contributed by atoms with Crippen LogP contribution in [-0.2, 0) is 0 Å². The molecule has 1 aromatic carbocycles. The average molecular weight is 321 g/mol. The van der Waals surface area contributed by atoms with E-state index < -0.39 is 0 Å². The molecule has 0 saturated heterocycles. The van der Waals surface area contributed by atoms with Gasteiger partial charge in [0.05, 0.1) is 0 Å². The topological polar surface area (TPSA) is 49.8 Å². The van der Waals surface area contributed by atoms with Crippen LogP contribution < -0.4 is 10.6 Å². The maximum atomic E-state index is 4.45. The van der Waals surface area contributed by atoms with Crippen LogP contribution in [0, 0.1) is 20.8 Å². The van der Waals surface area contributed by atoms with E-state index in [1.54, 1.807) is 0 Å². The number of nitrogens with one attached hydrogen (secondary N) is 2. The van der Waals surface area contributed by atoms with Crippen molar-refractivity contribution >= 4 is 33.3 Å². The monoisotopic (exact) mass is 320 g/mol. The van der Waals surface area contributed by atoms with Crippen molar-refractivity contribution in [2.24, 2.45) is 0 Å². The van der Waals surface area contributed by atoms with Gasteiger partial charge in [0.1, 0.15) is 17.5 Å². The fraction of sp³-hybridized carbons (Fsp3) is 0.286. The molecule has 4 nitrogen and oxygen atoms in total. The van der Waals surface area contributed by atoms with Crippen LogP contribution in [0.25, 0.3) is 0 Å². The molecule has 0 amide bonds. The third-order valence-electron chi connectivity index (χ3n) is 2.92. The number of halogens is 1. The molecular formula is C14H17BrN4. The molecule has 2 N–H and O–H groups in total. The summed E-state index contributed by atoms with van der Waals surface area (Å²) in [6, 6.07) is 6.13. The van der Waals surface area contributed by atoms with Gasteiger partial charge in [-0.3, -0.25) is 0 Å². The van der Waals surface area contributed by atoms with Crippen molar-refractivity contribution in [2.45, 2.75) is 20.8 Å². The molecule has 0 saturated carbocycles. The number of aromatic nitrogens is 2. The van der Waals surface area contributed by atoms with E-state index in [2.05, 4.69) is 49.5 Å². The minimum atomic E-state index is 0.742. The third-order valence-corrected chi connectivity index (χ3v) is 3.80. The summed E-state index contributed by atoms with van der Waals surface area (Å²) in [5.41, 5.74) is 3.21. The molecule has 0 spiro atoms. The lowest BCUT2D eigenvalue weighted by Crippen LogP contribution is -2.05. The Morgan fingerprint density at radius 2 is 1.74 bits per heavy atom. The second kappa shape index (κ2) is 5.57. The van der Waals surface area contributed by atoms with Gasteiger partial charge in [-0.15, -0.1) is 0 Å². The Labute approximate surface area is 121 Å². The van der Waals surface area contributed by atoms with Gasteiger partial charge in [-0.2, -0.15) is 0 Å². The summed E-state index contributed by atoms with van der Waals surface area (Å²) in [5, 5.41) is 6.43. The van der Waals surface area contributed by atoms with Gasteiger partial charge in [-0.05, 0) is 44.5 Å². The van der Waals surface area contributed by atoms with Crippen LogP contribution >= 0.6 is 15.9 Å². The number of hydrogen-bond donors (Lipinski definition) is 2. The van der Waals surface area contributed by atoms with Crippen LogP contribution in [-0.4, -0.2) is 17.0 Å². The Morgan fingerprint density at radius 1 is 1.05 bits per heavy atom. The lowest BCUT2D eigenvalue weighted by atomic mass is 10.2. The van der Waals surface area contributed by atoms with E-state index in [-0.39, 0.29) is 0 Å². The Hall–Kier alpha value is -1.62. The van der Waals surface area contributed by atoms with E-state index in [0.29, 0.717) is 0 Å². The molecule has 5 heteroatoms. The van der Waals surface area contributed by atoms with E-state index in [4.69, 9.17) is 0 Å².